The number of carbonyl (C=O) groups excluding carboxylic acids is 1. The van der Waals surface area contributed by atoms with Gasteiger partial charge in [-0.3, -0.25) is 15.3 Å². The number of hydrogen-bond acceptors (Lipinski definition) is 12. The lowest BCUT2D eigenvalue weighted by atomic mass is 10.2. The summed E-state index contributed by atoms with van der Waals surface area (Å²) in [6.07, 6.45) is 5.59. The number of hydrazone groups is 1. The van der Waals surface area contributed by atoms with Gasteiger partial charge in [0.25, 0.3) is 0 Å². The summed E-state index contributed by atoms with van der Waals surface area (Å²) in [6.45, 7) is 8.13. The number of ether oxygens (including phenoxy) is 3. The highest BCUT2D eigenvalue weighted by atomic mass is 16.8. The zero-order valence-electron chi connectivity index (χ0n) is 28.9. The van der Waals surface area contributed by atoms with Crippen LogP contribution in [0.2, 0.25) is 0 Å². The smallest absolute Gasteiger partial charge is 0.327 e. The van der Waals surface area contributed by atoms with Gasteiger partial charge in [0.05, 0.1) is 48.6 Å². The lowest BCUT2D eigenvalue weighted by Gasteiger charge is -2.37. The largest absolute Gasteiger partial charge is 0.491 e. The SMILES string of the molecule is CCC(C)NC(=O)N(C=N)c1ccc(N2CCN(c3ccc(OC[C@@H]4CO[C@@](CN/N=C\C=N)(c5cnc6ccccc6n5)O4)cc3)CC2)cc1. The zero-order valence-corrected chi connectivity index (χ0v) is 28.9. The van der Waals surface area contributed by atoms with Gasteiger partial charge in [-0.2, -0.15) is 5.10 Å². The van der Waals surface area contributed by atoms with E-state index in [2.05, 4.69) is 42.8 Å². The van der Waals surface area contributed by atoms with Gasteiger partial charge in [0.15, 0.2) is 0 Å². The van der Waals surface area contributed by atoms with Crippen LogP contribution in [-0.4, -0.2) is 92.9 Å². The molecule has 0 bridgehead atoms. The number of aromatic nitrogens is 2. The number of para-hydroxylation sites is 2. The van der Waals surface area contributed by atoms with Crippen molar-refractivity contribution in [3.05, 3.63) is 84.7 Å². The summed E-state index contributed by atoms with van der Waals surface area (Å²) in [6, 6.07) is 23.2. The minimum atomic E-state index is -1.22. The minimum absolute atomic E-state index is 0.0360. The standard InChI is InChI=1S/C37H44N10O4/c1-3-27(2)43-36(48)47(26-39)30-10-8-28(9-11-30)45-18-20-46(21-19-45)29-12-14-31(15-13-29)49-23-32-24-50-37(51-32,25-42-41-17-16-38)35-22-40-33-6-4-5-7-34(33)44-35/h4-17,22,26-27,32,38-39,42H,3,18-21,23-25H2,1-2H3,(H,43,48)/b38-16?,39-26?,41-17-/t27?,32-,37-/m1/s1. The van der Waals surface area contributed by atoms with Gasteiger partial charge < -0.3 is 40.2 Å². The Hall–Kier alpha value is -5.60. The van der Waals surface area contributed by atoms with Gasteiger partial charge in [-0.1, -0.05) is 19.1 Å². The first-order valence-corrected chi connectivity index (χ1v) is 17.1. The quantitative estimate of drug-likeness (QED) is 0.0830. The monoisotopic (exact) mass is 692 g/mol. The van der Waals surface area contributed by atoms with E-state index in [4.69, 9.17) is 30.0 Å². The van der Waals surface area contributed by atoms with Gasteiger partial charge in [0.2, 0.25) is 5.79 Å². The number of carbonyl (C=O) groups is 1. The molecule has 4 N–H and O–H groups in total. The summed E-state index contributed by atoms with van der Waals surface area (Å²) in [5, 5.41) is 21.9. The van der Waals surface area contributed by atoms with E-state index in [0.717, 1.165) is 73.3 Å². The Morgan fingerprint density at radius 1 is 1.04 bits per heavy atom. The molecule has 2 aliphatic heterocycles. The second-order valence-corrected chi connectivity index (χ2v) is 12.4. The van der Waals surface area contributed by atoms with E-state index in [1.807, 2.05) is 74.5 Å². The molecule has 2 saturated heterocycles. The van der Waals surface area contributed by atoms with Crippen LogP contribution >= 0.6 is 0 Å². The molecule has 14 nitrogen and oxygen atoms in total. The number of rotatable bonds is 14. The van der Waals surface area contributed by atoms with E-state index in [9.17, 15) is 4.79 Å². The van der Waals surface area contributed by atoms with Crippen molar-refractivity contribution in [1.82, 2.24) is 20.7 Å². The van der Waals surface area contributed by atoms with Crippen LogP contribution < -0.4 is 30.2 Å². The lowest BCUT2D eigenvalue weighted by molar-refractivity contribution is -0.178. The molecule has 14 heteroatoms. The molecule has 266 valence electrons. The normalized spacial score (nSPS) is 19.5. The van der Waals surface area contributed by atoms with Crippen LogP contribution in [0, 0.1) is 10.8 Å². The molecule has 2 aliphatic rings. The Balaban J connectivity index is 1.01. The average Bonchev–Trinajstić information content (AvgIpc) is 3.60. The first-order chi connectivity index (χ1) is 24.9. The molecule has 6 rings (SSSR count). The van der Waals surface area contributed by atoms with Crippen LogP contribution in [0.15, 0.2) is 84.1 Å². The van der Waals surface area contributed by atoms with Gasteiger partial charge in [-0.05, 0) is 74.0 Å². The van der Waals surface area contributed by atoms with Gasteiger partial charge in [-0.25, -0.2) is 9.78 Å². The Kier molecular flexibility index (Phi) is 11.3. The van der Waals surface area contributed by atoms with E-state index in [-0.39, 0.29) is 31.3 Å². The molecule has 0 saturated carbocycles. The number of piperazine rings is 1. The van der Waals surface area contributed by atoms with Crippen molar-refractivity contribution < 1.29 is 19.0 Å². The summed E-state index contributed by atoms with van der Waals surface area (Å²) in [4.78, 5) is 27.9. The third-order valence-electron chi connectivity index (χ3n) is 8.99. The van der Waals surface area contributed by atoms with Gasteiger partial charge in [0, 0.05) is 49.8 Å². The summed E-state index contributed by atoms with van der Waals surface area (Å²) in [5.41, 5.74) is 7.80. The number of fused-ring (bicyclic) bond motifs is 1. The number of anilines is 3. The highest BCUT2D eigenvalue weighted by Crippen LogP contribution is 2.34. The number of benzene rings is 3. The molecule has 0 aliphatic carbocycles. The zero-order chi connectivity index (χ0) is 35.6. The van der Waals surface area contributed by atoms with E-state index in [0.29, 0.717) is 18.0 Å². The topological polar surface area (TPSA) is 164 Å². The van der Waals surface area contributed by atoms with Gasteiger partial charge in [0.1, 0.15) is 24.2 Å². The fourth-order valence-electron chi connectivity index (χ4n) is 5.97. The number of nitrogens with one attached hydrogen (secondary N) is 4. The van der Waals surface area contributed by atoms with Crippen LogP contribution in [-0.2, 0) is 15.3 Å². The predicted molar refractivity (Wildman–Crippen MR) is 200 cm³/mol. The van der Waals surface area contributed by atoms with Crippen molar-refractivity contribution in [3.63, 3.8) is 0 Å². The number of nitrogens with zero attached hydrogens (tertiary/aromatic N) is 6. The van der Waals surface area contributed by atoms with Crippen molar-refractivity contribution in [1.29, 1.82) is 10.8 Å². The number of urea groups is 1. The first kappa shape index (κ1) is 35.2. The van der Waals surface area contributed by atoms with Crippen LogP contribution in [0.1, 0.15) is 26.0 Å². The number of hydrogen-bond donors (Lipinski definition) is 4. The molecule has 0 radical (unpaired) electrons. The van der Waals surface area contributed by atoms with Crippen molar-refractivity contribution >= 4 is 52.9 Å². The van der Waals surface area contributed by atoms with E-state index in [1.54, 1.807) is 6.20 Å². The molecular weight excluding hydrogens is 648 g/mol. The van der Waals surface area contributed by atoms with E-state index >= 15 is 0 Å². The van der Waals surface area contributed by atoms with Gasteiger partial charge >= 0.3 is 6.03 Å². The summed E-state index contributed by atoms with van der Waals surface area (Å²) >= 11 is 0. The highest BCUT2D eigenvalue weighted by molar-refractivity contribution is 6.14. The van der Waals surface area contributed by atoms with Crippen molar-refractivity contribution in [3.8, 4) is 5.75 Å². The van der Waals surface area contributed by atoms with Crippen LogP contribution in [0.3, 0.4) is 0 Å². The lowest BCUT2D eigenvalue weighted by Crippen LogP contribution is -2.46. The average molecular weight is 693 g/mol. The molecule has 1 unspecified atom stereocenters. The molecule has 2 amide bonds. The number of amides is 2. The molecule has 2 fully saturated rings. The molecule has 3 atom stereocenters. The molecule has 1 aromatic heterocycles. The van der Waals surface area contributed by atoms with E-state index in [1.165, 1.54) is 11.1 Å². The molecule has 3 aromatic carbocycles. The summed E-state index contributed by atoms with van der Waals surface area (Å²) < 4.78 is 18.8. The fraction of sp³-hybridized carbons (Fsp3) is 0.351. The molecule has 3 heterocycles. The van der Waals surface area contributed by atoms with Crippen molar-refractivity contribution in [2.45, 2.75) is 38.2 Å². The van der Waals surface area contributed by atoms with Crippen LogP contribution in [0.5, 0.6) is 5.75 Å². The maximum absolute atomic E-state index is 12.6. The maximum Gasteiger partial charge on any atom is 0.327 e. The second-order valence-electron chi connectivity index (χ2n) is 12.4. The Morgan fingerprint density at radius 2 is 1.71 bits per heavy atom. The fourth-order valence-corrected chi connectivity index (χ4v) is 5.97. The molecule has 51 heavy (non-hydrogen) atoms. The first-order valence-electron chi connectivity index (χ1n) is 17.1. The molecule has 0 spiro atoms. The molecular formula is C37H44N10O4. The van der Waals surface area contributed by atoms with E-state index < -0.39 is 5.79 Å². The van der Waals surface area contributed by atoms with Crippen LogP contribution in [0.4, 0.5) is 21.9 Å². The second kappa shape index (κ2) is 16.4. The Labute approximate surface area is 297 Å². The Bertz CT molecular complexity index is 1810. The molecule has 4 aromatic rings. The Morgan fingerprint density at radius 3 is 2.35 bits per heavy atom. The third-order valence-corrected chi connectivity index (χ3v) is 8.99. The summed E-state index contributed by atoms with van der Waals surface area (Å²) in [5.74, 6) is -0.488. The highest BCUT2D eigenvalue weighted by Gasteiger charge is 2.45. The minimum Gasteiger partial charge on any atom is -0.491 e. The predicted octanol–water partition coefficient (Wildman–Crippen LogP) is 4.75. The maximum atomic E-state index is 12.6. The van der Waals surface area contributed by atoms with Crippen molar-refractivity contribution in [2.75, 3.05) is 60.6 Å². The van der Waals surface area contributed by atoms with Crippen LogP contribution in [0.25, 0.3) is 11.0 Å². The third kappa shape index (κ3) is 8.41. The van der Waals surface area contributed by atoms with Crippen molar-refractivity contribution in [2.24, 2.45) is 5.10 Å². The summed E-state index contributed by atoms with van der Waals surface area (Å²) in [7, 11) is 0. The van der Waals surface area contributed by atoms with Gasteiger partial charge in [-0.15, -0.1) is 0 Å².